The molecule has 1 aliphatic heterocycles. The van der Waals surface area contributed by atoms with Crippen molar-refractivity contribution >= 4 is 34.6 Å². The Bertz CT molecular complexity index is 905. The molecule has 2 amide bonds. The highest BCUT2D eigenvalue weighted by molar-refractivity contribution is 7.12. The summed E-state index contributed by atoms with van der Waals surface area (Å²) in [6.45, 7) is 7.10. The Morgan fingerprint density at radius 1 is 1.29 bits per heavy atom. The Labute approximate surface area is 168 Å². The number of hydrogen-bond donors (Lipinski definition) is 1. The molecule has 0 bridgehead atoms. The van der Waals surface area contributed by atoms with E-state index < -0.39 is 5.60 Å². The number of ether oxygens (including phenoxy) is 1. The van der Waals surface area contributed by atoms with Gasteiger partial charge in [-0.25, -0.2) is 0 Å². The number of nitrogens with one attached hydrogen (secondary N) is 1. The molecule has 0 saturated heterocycles. The number of benzene rings is 1. The molecule has 2 heterocycles. The van der Waals surface area contributed by atoms with Crippen LogP contribution < -0.4 is 15.0 Å². The molecule has 1 aliphatic rings. The molecule has 7 heteroatoms. The van der Waals surface area contributed by atoms with Gasteiger partial charge in [0.25, 0.3) is 5.91 Å². The molecule has 3 rings (SSSR count). The molecule has 6 nitrogen and oxygen atoms in total. The number of carbonyl (C=O) groups excluding carboxylic acids is 3. The number of amides is 2. The predicted octanol–water partition coefficient (Wildman–Crippen LogP) is 3.40. The van der Waals surface area contributed by atoms with E-state index in [1.165, 1.54) is 16.2 Å². The van der Waals surface area contributed by atoms with E-state index in [9.17, 15) is 14.4 Å². The number of anilines is 1. The van der Waals surface area contributed by atoms with Gasteiger partial charge >= 0.3 is 0 Å². The maximum absolute atomic E-state index is 12.9. The molecule has 1 aromatic carbocycles. The van der Waals surface area contributed by atoms with Gasteiger partial charge in [0.05, 0.1) is 10.6 Å². The van der Waals surface area contributed by atoms with Crippen molar-refractivity contribution in [1.82, 2.24) is 5.32 Å². The summed E-state index contributed by atoms with van der Waals surface area (Å²) in [7, 11) is 0. The molecule has 0 saturated carbocycles. The lowest BCUT2D eigenvalue weighted by Crippen LogP contribution is -2.55. The van der Waals surface area contributed by atoms with Crippen LogP contribution in [0.2, 0.25) is 0 Å². The Balaban J connectivity index is 1.96. The Kier molecular flexibility index (Phi) is 5.56. The minimum Gasteiger partial charge on any atom is -0.476 e. The van der Waals surface area contributed by atoms with Crippen molar-refractivity contribution in [2.75, 3.05) is 11.4 Å². The lowest BCUT2D eigenvalue weighted by molar-refractivity contribution is -0.134. The lowest BCUT2D eigenvalue weighted by Gasteiger charge is -2.38. The molecule has 1 aromatic heterocycles. The zero-order valence-electron chi connectivity index (χ0n) is 16.4. The summed E-state index contributed by atoms with van der Waals surface area (Å²) in [5.74, 6) is -0.218. The molecule has 148 valence electrons. The number of ketones is 1. The molecule has 0 fully saturated rings. The SMILES string of the molecule is CCC(C)NC(=O)CN1C(=O)C(C)(C)Oc2ccc(C(=O)c3cccs3)cc21. The zero-order valence-corrected chi connectivity index (χ0v) is 17.3. The van der Waals surface area contributed by atoms with Crippen molar-refractivity contribution in [3.05, 3.63) is 46.2 Å². The highest BCUT2D eigenvalue weighted by Gasteiger charge is 2.42. The van der Waals surface area contributed by atoms with Gasteiger partial charge in [-0.05, 0) is 56.8 Å². The standard InChI is InChI=1S/C21H24N2O4S/c1-5-13(2)22-18(24)12-23-15-11-14(19(25)17-7-6-10-28-17)8-9-16(15)27-21(3,4)20(23)26/h6-11,13H,5,12H2,1-4H3,(H,22,24). The number of thiophene rings is 1. The van der Waals surface area contributed by atoms with Crippen molar-refractivity contribution in [1.29, 1.82) is 0 Å². The second-order valence-electron chi connectivity index (χ2n) is 7.37. The van der Waals surface area contributed by atoms with Gasteiger partial charge in [-0.3, -0.25) is 19.3 Å². The van der Waals surface area contributed by atoms with Gasteiger partial charge in [-0.2, -0.15) is 0 Å². The molecule has 2 aromatic rings. The highest BCUT2D eigenvalue weighted by atomic mass is 32.1. The third kappa shape index (κ3) is 3.94. The first-order valence-corrected chi connectivity index (χ1v) is 10.1. The first-order chi connectivity index (χ1) is 13.2. The van der Waals surface area contributed by atoms with Crippen molar-refractivity contribution in [3.63, 3.8) is 0 Å². The van der Waals surface area contributed by atoms with E-state index in [0.717, 1.165) is 6.42 Å². The number of fused-ring (bicyclic) bond motifs is 1. The van der Waals surface area contributed by atoms with Crippen LogP contribution in [0.25, 0.3) is 0 Å². The van der Waals surface area contributed by atoms with Gasteiger partial charge in [-0.15, -0.1) is 11.3 Å². The van der Waals surface area contributed by atoms with Crippen molar-refractivity contribution in [2.24, 2.45) is 0 Å². The van der Waals surface area contributed by atoms with Crippen LogP contribution in [0, 0.1) is 0 Å². The summed E-state index contributed by atoms with van der Waals surface area (Å²) in [4.78, 5) is 40.1. The van der Waals surface area contributed by atoms with Crippen LogP contribution in [0.1, 0.15) is 49.4 Å². The van der Waals surface area contributed by atoms with Gasteiger partial charge < -0.3 is 10.1 Å². The Morgan fingerprint density at radius 2 is 2.04 bits per heavy atom. The van der Waals surface area contributed by atoms with Crippen LogP contribution in [0.3, 0.4) is 0 Å². The number of nitrogens with zero attached hydrogens (tertiary/aromatic N) is 1. The fourth-order valence-corrected chi connectivity index (χ4v) is 3.67. The Hall–Kier alpha value is -2.67. The molecule has 28 heavy (non-hydrogen) atoms. The minimum atomic E-state index is -1.09. The molecule has 1 N–H and O–H groups in total. The summed E-state index contributed by atoms with van der Waals surface area (Å²) in [5, 5.41) is 4.72. The summed E-state index contributed by atoms with van der Waals surface area (Å²) in [6.07, 6.45) is 0.796. The predicted molar refractivity (Wildman–Crippen MR) is 109 cm³/mol. The normalized spacial score (nSPS) is 16.1. The van der Waals surface area contributed by atoms with Gasteiger partial charge in [0.1, 0.15) is 12.3 Å². The van der Waals surface area contributed by atoms with Crippen LogP contribution in [0.4, 0.5) is 5.69 Å². The second-order valence-corrected chi connectivity index (χ2v) is 8.32. The van der Waals surface area contributed by atoms with E-state index in [2.05, 4.69) is 5.32 Å². The quantitative estimate of drug-likeness (QED) is 0.754. The third-order valence-corrected chi connectivity index (χ3v) is 5.57. The smallest absolute Gasteiger partial charge is 0.271 e. The maximum Gasteiger partial charge on any atom is 0.271 e. The molecular formula is C21H24N2O4S. The van der Waals surface area contributed by atoms with E-state index in [4.69, 9.17) is 4.74 Å². The van der Waals surface area contributed by atoms with Crippen LogP contribution in [0.15, 0.2) is 35.7 Å². The Morgan fingerprint density at radius 3 is 2.68 bits per heavy atom. The number of rotatable bonds is 6. The molecule has 0 aliphatic carbocycles. The summed E-state index contributed by atoms with van der Waals surface area (Å²) < 4.78 is 5.84. The van der Waals surface area contributed by atoms with Crippen LogP contribution >= 0.6 is 11.3 Å². The van der Waals surface area contributed by atoms with Crippen molar-refractivity contribution < 1.29 is 19.1 Å². The third-order valence-electron chi connectivity index (χ3n) is 4.70. The van der Waals surface area contributed by atoms with Crippen LogP contribution in [0.5, 0.6) is 5.75 Å². The molecule has 1 atom stereocenters. The van der Waals surface area contributed by atoms with E-state index in [1.54, 1.807) is 38.1 Å². The lowest BCUT2D eigenvalue weighted by atomic mass is 10.0. The monoisotopic (exact) mass is 400 g/mol. The van der Waals surface area contributed by atoms with E-state index in [0.29, 0.717) is 21.9 Å². The zero-order chi connectivity index (χ0) is 20.5. The molecule has 1 unspecified atom stereocenters. The fourth-order valence-electron chi connectivity index (χ4n) is 2.98. The van der Waals surface area contributed by atoms with Crippen LogP contribution in [-0.4, -0.2) is 35.8 Å². The maximum atomic E-state index is 12.9. The highest BCUT2D eigenvalue weighted by Crippen LogP contribution is 2.38. The van der Waals surface area contributed by atoms with E-state index >= 15 is 0 Å². The average molecular weight is 401 g/mol. The van der Waals surface area contributed by atoms with E-state index in [-0.39, 0.29) is 30.2 Å². The number of hydrogen-bond acceptors (Lipinski definition) is 5. The topological polar surface area (TPSA) is 75.7 Å². The van der Waals surface area contributed by atoms with Gasteiger partial charge in [0, 0.05) is 11.6 Å². The first kappa shape index (κ1) is 20.1. The fraction of sp³-hybridized carbons (Fsp3) is 0.381. The van der Waals surface area contributed by atoms with Crippen LogP contribution in [-0.2, 0) is 9.59 Å². The minimum absolute atomic E-state index is 0.0165. The van der Waals surface area contributed by atoms with Crippen molar-refractivity contribution in [3.8, 4) is 5.75 Å². The average Bonchev–Trinajstić information content (AvgIpc) is 3.19. The van der Waals surface area contributed by atoms with Crippen molar-refractivity contribution in [2.45, 2.75) is 45.8 Å². The first-order valence-electron chi connectivity index (χ1n) is 9.25. The van der Waals surface area contributed by atoms with Gasteiger partial charge in [0.15, 0.2) is 5.60 Å². The largest absolute Gasteiger partial charge is 0.476 e. The number of carbonyl (C=O) groups is 3. The van der Waals surface area contributed by atoms with Gasteiger partial charge in [0.2, 0.25) is 11.7 Å². The molecular weight excluding hydrogens is 376 g/mol. The molecule has 0 spiro atoms. The summed E-state index contributed by atoms with van der Waals surface area (Å²) >= 11 is 1.36. The summed E-state index contributed by atoms with van der Waals surface area (Å²) in [5.41, 5.74) is -0.209. The second kappa shape index (κ2) is 7.75. The van der Waals surface area contributed by atoms with Gasteiger partial charge in [-0.1, -0.05) is 13.0 Å². The van der Waals surface area contributed by atoms with E-state index in [1.807, 2.05) is 25.3 Å². The summed E-state index contributed by atoms with van der Waals surface area (Å²) in [6, 6.07) is 8.59. The molecule has 0 radical (unpaired) electrons.